The van der Waals surface area contributed by atoms with Gasteiger partial charge in [-0.25, -0.2) is 4.79 Å². The smallest absolute Gasteiger partial charge is 0.320 e. The van der Waals surface area contributed by atoms with Crippen LogP contribution < -0.4 is 10.2 Å². The van der Waals surface area contributed by atoms with E-state index in [0.29, 0.717) is 12.6 Å². The Hall–Kier alpha value is -2.25. The third-order valence-electron chi connectivity index (χ3n) is 5.06. The molecule has 4 heterocycles. The molecule has 1 aromatic heterocycles. The SMILES string of the molecule is Cn1ccc(N2CCN=C2NCCN2CC3CCCCN3C2=O)n1. The highest BCUT2D eigenvalue weighted by molar-refractivity contribution is 5.96. The predicted octanol–water partition coefficient (Wildman–Crippen LogP) is 0.476. The van der Waals surface area contributed by atoms with Crippen LogP contribution in [0, 0.1) is 0 Å². The number of hydrogen-bond acceptors (Lipinski definition) is 5. The van der Waals surface area contributed by atoms with E-state index in [1.165, 1.54) is 6.42 Å². The van der Waals surface area contributed by atoms with Crippen LogP contribution in [0.2, 0.25) is 0 Å². The van der Waals surface area contributed by atoms with Gasteiger partial charge in [0.15, 0.2) is 11.8 Å². The molecule has 1 atom stereocenters. The van der Waals surface area contributed by atoms with Gasteiger partial charge in [-0.05, 0) is 19.3 Å². The van der Waals surface area contributed by atoms with Gasteiger partial charge in [-0.15, -0.1) is 0 Å². The second-order valence-corrected chi connectivity index (χ2v) is 6.70. The maximum Gasteiger partial charge on any atom is 0.320 e. The molecule has 0 aliphatic carbocycles. The van der Waals surface area contributed by atoms with Crippen LogP contribution in [-0.4, -0.2) is 76.9 Å². The molecular weight excluding hydrogens is 306 g/mol. The van der Waals surface area contributed by atoms with Crippen LogP contribution in [0.3, 0.4) is 0 Å². The van der Waals surface area contributed by atoms with E-state index in [0.717, 1.165) is 57.3 Å². The normalized spacial score (nSPS) is 23.7. The lowest BCUT2D eigenvalue weighted by atomic mass is 10.0. The van der Waals surface area contributed by atoms with Gasteiger partial charge in [0, 0.05) is 52.0 Å². The Balaban J connectivity index is 1.30. The number of anilines is 1. The first kappa shape index (κ1) is 15.3. The average molecular weight is 331 g/mol. The van der Waals surface area contributed by atoms with E-state index in [1.54, 1.807) is 4.68 Å². The molecule has 0 saturated carbocycles. The lowest BCUT2D eigenvalue weighted by molar-refractivity contribution is 0.175. The molecule has 2 fully saturated rings. The van der Waals surface area contributed by atoms with Gasteiger partial charge in [-0.2, -0.15) is 5.10 Å². The fourth-order valence-electron chi connectivity index (χ4n) is 3.81. The van der Waals surface area contributed by atoms with E-state index in [-0.39, 0.29) is 6.03 Å². The third kappa shape index (κ3) is 2.81. The number of guanidine groups is 1. The summed E-state index contributed by atoms with van der Waals surface area (Å²) in [7, 11) is 1.91. The number of hydrogen-bond donors (Lipinski definition) is 1. The average Bonchev–Trinajstić information content (AvgIpc) is 3.28. The zero-order valence-electron chi connectivity index (χ0n) is 14.2. The zero-order chi connectivity index (χ0) is 16.5. The molecule has 1 unspecified atom stereocenters. The number of fused-ring (bicyclic) bond motifs is 1. The Labute approximate surface area is 142 Å². The molecule has 2 saturated heterocycles. The molecule has 8 heteroatoms. The maximum absolute atomic E-state index is 12.4. The molecule has 8 nitrogen and oxygen atoms in total. The number of amides is 2. The Morgan fingerprint density at radius 3 is 3.04 bits per heavy atom. The van der Waals surface area contributed by atoms with Crippen LogP contribution in [0.5, 0.6) is 0 Å². The second kappa shape index (κ2) is 6.33. The minimum atomic E-state index is 0.205. The van der Waals surface area contributed by atoms with Gasteiger partial charge in [-0.3, -0.25) is 14.6 Å². The topological polar surface area (TPSA) is 69.0 Å². The molecule has 0 aromatic carbocycles. The van der Waals surface area contributed by atoms with Crippen molar-refractivity contribution in [3.05, 3.63) is 12.3 Å². The Kier molecular flexibility index (Phi) is 4.03. The van der Waals surface area contributed by atoms with Crippen molar-refractivity contribution in [2.24, 2.45) is 12.0 Å². The van der Waals surface area contributed by atoms with Gasteiger partial charge in [0.1, 0.15) is 0 Å². The standard InChI is InChI=1S/C16H25N7O/c1-20-9-5-14(19-20)23-11-7-18-15(23)17-6-10-21-12-13-4-2-3-8-22(13)16(21)24/h5,9,13H,2-4,6-8,10-12H2,1H3,(H,17,18). The predicted molar refractivity (Wildman–Crippen MR) is 92.2 cm³/mol. The molecule has 1 N–H and O–H groups in total. The molecule has 0 bridgehead atoms. The summed E-state index contributed by atoms with van der Waals surface area (Å²) in [6.45, 7) is 4.86. The van der Waals surface area contributed by atoms with Crippen molar-refractivity contribution in [1.29, 1.82) is 0 Å². The Morgan fingerprint density at radius 1 is 1.33 bits per heavy atom. The fraction of sp³-hybridized carbons (Fsp3) is 0.688. The number of urea groups is 1. The van der Waals surface area contributed by atoms with Gasteiger partial charge in [-0.1, -0.05) is 0 Å². The summed E-state index contributed by atoms with van der Waals surface area (Å²) in [5, 5.41) is 7.82. The molecule has 0 spiro atoms. The van der Waals surface area contributed by atoms with Crippen molar-refractivity contribution in [1.82, 2.24) is 24.9 Å². The summed E-state index contributed by atoms with van der Waals surface area (Å²) < 4.78 is 1.80. The molecule has 1 aromatic rings. The lowest BCUT2D eigenvalue weighted by Crippen LogP contribution is -2.43. The monoisotopic (exact) mass is 331 g/mol. The van der Waals surface area contributed by atoms with E-state index in [4.69, 9.17) is 0 Å². The van der Waals surface area contributed by atoms with E-state index in [2.05, 4.69) is 25.2 Å². The van der Waals surface area contributed by atoms with Crippen LogP contribution in [0.25, 0.3) is 0 Å². The summed E-state index contributed by atoms with van der Waals surface area (Å²) in [6.07, 6.45) is 5.47. The summed E-state index contributed by atoms with van der Waals surface area (Å²) in [6, 6.07) is 2.63. The third-order valence-corrected chi connectivity index (χ3v) is 5.06. The van der Waals surface area contributed by atoms with Crippen LogP contribution in [0.1, 0.15) is 19.3 Å². The zero-order valence-corrected chi connectivity index (χ0v) is 14.2. The number of nitrogens with zero attached hydrogens (tertiary/aromatic N) is 6. The number of aliphatic imine (C=N–C) groups is 1. The van der Waals surface area contributed by atoms with Crippen LogP contribution in [0.4, 0.5) is 10.6 Å². The van der Waals surface area contributed by atoms with Gasteiger partial charge < -0.3 is 15.1 Å². The summed E-state index contributed by atoms with van der Waals surface area (Å²) in [5.74, 6) is 1.77. The lowest BCUT2D eigenvalue weighted by Gasteiger charge is -2.27. The largest absolute Gasteiger partial charge is 0.354 e. The highest BCUT2D eigenvalue weighted by Gasteiger charge is 2.37. The van der Waals surface area contributed by atoms with Crippen molar-refractivity contribution < 1.29 is 4.79 Å². The summed E-state index contributed by atoms with van der Waals surface area (Å²) in [4.78, 5) is 23.1. The molecule has 3 aliphatic rings. The van der Waals surface area contributed by atoms with Crippen molar-refractivity contribution in [2.75, 3.05) is 44.2 Å². The number of carbonyl (C=O) groups is 1. The number of nitrogens with one attached hydrogen (secondary N) is 1. The highest BCUT2D eigenvalue weighted by Crippen LogP contribution is 2.24. The van der Waals surface area contributed by atoms with E-state index in [9.17, 15) is 4.79 Å². The van der Waals surface area contributed by atoms with Crippen molar-refractivity contribution >= 4 is 17.8 Å². The quantitative estimate of drug-likeness (QED) is 0.871. The van der Waals surface area contributed by atoms with Crippen molar-refractivity contribution in [3.63, 3.8) is 0 Å². The number of aryl methyl sites for hydroxylation is 1. The molecule has 130 valence electrons. The van der Waals surface area contributed by atoms with Gasteiger partial charge in [0.2, 0.25) is 0 Å². The summed E-state index contributed by atoms with van der Waals surface area (Å²) >= 11 is 0. The van der Waals surface area contributed by atoms with E-state index < -0.39 is 0 Å². The van der Waals surface area contributed by atoms with E-state index >= 15 is 0 Å². The minimum absolute atomic E-state index is 0.205. The molecule has 3 aliphatic heterocycles. The number of aromatic nitrogens is 2. The number of rotatable bonds is 4. The molecule has 24 heavy (non-hydrogen) atoms. The maximum atomic E-state index is 12.4. The van der Waals surface area contributed by atoms with E-state index in [1.807, 2.05) is 24.2 Å². The number of piperidine rings is 1. The minimum Gasteiger partial charge on any atom is -0.354 e. The van der Waals surface area contributed by atoms with Gasteiger partial charge in [0.25, 0.3) is 0 Å². The highest BCUT2D eigenvalue weighted by atomic mass is 16.2. The number of carbonyl (C=O) groups excluding carboxylic acids is 1. The molecule has 2 amide bonds. The first-order chi connectivity index (χ1) is 11.7. The fourth-order valence-corrected chi connectivity index (χ4v) is 3.81. The van der Waals surface area contributed by atoms with Gasteiger partial charge >= 0.3 is 6.03 Å². The van der Waals surface area contributed by atoms with Crippen molar-refractivity contribution in [2.45, 2.75) is 25.3 Å². The molecule has 0 radical (unpaired) electrons. The molecule has 4 rings (SSSR count). The first-order valence-corrected chi connectivity index (χ1v) is 8.83. The van der Waals surface area contributed by atoms with Crippen molar-refractivity contribution in [3.8, 4) is 0 Å². The van der Waals surface area contributed by atoms with Gasteiger partial charge in [0.05, 0.1) is 12.6 Å². The first-order valence-electron chi connectivity index (χ1n) is 8.83. The van der Waals surface area contributed by atoms with Crippen LogP contribution >= 0.6 is 0 Å². The summed E-state index contributed by atoms with van der Waals surface area (Å²) in [5.41, 5.74) is 0. The molecular formula is C16H25N7O. The Bertz CT molecular complexity index is 640. The second-order valence-electron chi connectivity index (χ2n) is 6.70. The Morgan fingerprint density at radius 2 is 2.25 bits per heavy atom. The van der Waals surface area contributed by atoms with Crippen LogP contribution in [-0.2, 0) is 7.05 Å². The van der Waals surface area contributed by atoms with Crippen LogP contribution in [0.15, 0.2) is 17.3 Å².